The molecule has 1 unspecified atom stereocenters. The van der Waals surface area contributed by atoms with Crippen molar-refractivity contribution in [2.45, 2.75) is 19.3 Å². The standard InChI is InChI=1S/C17H14N4O5/c1-9(22)17(2)11-7-13(19-15(23)10-3-5-18-6-4-10)14(21(25)26)8-12(11)20-16(17)24/h3-8H,1-2H3,(H,19,23)(H,20,24). The Kier molecular flexibility index (Phi) is 3.99. The van der Waals surface area contributed by atoms with Crippen molar-refractivity contribution in [1.82, 2.24) is 4.98 Å². The van der Waals surface area contributed by atoms with Crippen molar-refractivity contribution in [3.8, 4) is 0 Å². The number of rotatable bonds is 4. The smallest absolute Gasteiger partial charge is 0.294 e. The van der Waals surface area contributed by atoms with Crippen LogP contribution in [-0.4, -0.2) is 27.5 Å². The molecule has 3 rings (SSSR count). The predicted molar refractivity (Wildman–Crippen MR) is 91.9 cm³/mol. The van der Waals surface area contributed by atoms with E-state index in [0.717, 1.165) is 6.07 Å². The minimum absolute atomic E-state index is 0.0977. The van der Waals surface area contributed by atoms with Crippen LogP contribution in [0.25, 0.3) is 0 Å². The Morgan fingerprint density at radius 2 is 1.92 bits per heavy atom. The topological polar surface area (TPSA) is 131 Å². The number of pyridine rings is 1. The van der Waals surface area contributed by atoms with E-state index in [1.807, 2.05) is 0 Å². The third-order valence-corrected chi connectivity index (χ3v) is 4.47. The van der Waals surface area contributed by atoms with Gasteiger partial charge in [-0.15, -0.1) is 0 Å². The van der Waals surface area contributed by atoms with E-state index in [1.165, 1.54) is 44.4 Å². The number of Topliss-reactive ketones (excluding diaryl/α,β-unsaturated/α-hetero) is 1. The second-order valence-corrected chi connectivity index (χ2v) is 6.00. The number of nitrogens with zero attached hydrogens (tertiary/aromatic N) is 2. The normalized spacial score (nSPS) is 18.0. The highest BCUT2D eigenvalue weighted by atomic mass is 16.6. The van der Waals surface area contributed by atoms with Gasteiger partial charge in [0.15, 0.2) is 0 Å². The Morgan fingerprint density at radius 1 is 1.27 bits per heavy atom. The maximum atomic E-state index is 12.3. The molecule has 0 aliphatic carbocycles. The average Bonchev–Trinajstić information content (AvgIpc) is 2.86. The molecule has 0 radical (unpaired) electrons. The summed E-state index contributed by atoms with van der Waals surface area (Å²) in [7, 11) is 0. The van der Waals surface area contributed by atoms with E-state index in [2.05, 4.69) is 15.6 Å². The molecule has 0 saturated carbocycles. The molecule has 1 aliphatic rings. The number of benzene rings is 1. The fraction of sp³-hybridized carbons (Fsp3) is 0.176. The molecule has 1 aromatic carbocycles. The number of anilines is 2. The predicted octanol–water partition coefficient (Wildman–Crippen LogP) is 2.04. The fourth-order valence-corrected chi connectivity index (χ4v) is 2.77. The zero-order valence-corrected chi connectivity index (χ0v) is 13.9. The third kappa shape index (κ3) is 2.59. The minimum Gasteiger partial charge on any atom is -0.324 e. The Labute approximate surface area is 147 Å². The molecule has 2 amide bonds. The van der Waals surface area contributed by atoms with Crippen molar-refractivity contribution >= 4 is 34.7 Å². The highest BCUT2D eigenvalue weighted by Gasteiger charge is 2.48. The minimum atomic E-state index is -1.47. The number of hydrogen-bond acceptors (Lipinski definition) is 6. The molecule has 0 saturated heterocycles. The van der Waals surface area contributed by atoms with Crippen LogP contribution in [0, 0.1) is 10.1 Å². The summed E-state index contributed by atoms with van der Waals surface area (Å²) >= 11 is 0. The van der Waals surface area contributed by atoms with E-state index < -0.39 is 27.9 Å². The Balaban J connectivity index is 2.10. The largest absolute Gasteiger partial charge is 0.324 e. The van der Waals surface area contributed by atoms with Gasteiger partial charge in [-0.2, -0.15) is 0 Å². The van der Waals surface area contributed by atoms with Crippen LogP contribution in [0.4, 0.5) is 17.1 Å². The number of nitro benzene ring substituents is 1. The quantitative estimate of drug-likeness (QED) is 0.491. The summed E-state index contributed by atoms with van der Waals surface area (Å²) in [6, 6.07) is 5.36. The zero-order chi connectivity index (χ0) is 19.1. The Bertz CT molecular complexity index is 957. The molecule has 0 spiro atoms. The Hall–Kier alpha value is -3.62. The number of carbonyl (C=O) groups is 3. The van der Waals surface area contributed by atoms with Gasteiger partial charge in [0.1, 0.15) is 16.9 Å². The average molecular weight is 354 g/mol. The highest BCUT2D eigenvalue weighted by molar-refractivity contribution is 6.21. The van der Waals surface area contributed by atoms with Gasteiger partial charge in [0.05, 0.1) is 10.6 Å². The monoisotopic (exact) mass is 354 g/mol. The van der Waals surface area contributed by atoms with Gasteiger partial charge in [0.2, 0.25) is 5.91 Å². The first-order chi connectivity index (χ1) is 12.2. The highest BCUT2D eigenvalue weighted by Crippen LogP contribution is 2.43. The van der Waals surface area contributed by atoms with E-state index >= 15 is 0 Å². The molecule has 2 aromatic rings. The summed E-state index contributed by atoms with van der Waals surface area (Å²) in [6.07, 6.45) is 2.84. The first kappa shape index (κ1) is 17.2. The number of ketones is 1. The molecule has 26 heavy (non-hydrogen) atoms. The molecule has 132 valence electrons. The second-order valence-electron chi connectivity index (χ2n) is 6.00. The van der Waals surface area contributed by atoms with E-state index in [9.17, 15) is 24.5 Å². The number of amides is 2. The van der Waals surface area contributed by atoms with Gasteiger partial charge in [-0.1, -0.05) is 0 Å². The first-order valence-corrected chi connectivity index (χ1v) is 7.62. The SMILES string of the molecule is CC(=O)C1(C)C(=O)Nc2cc([N+](=O)[O-])c(NC(=O)c3ccncc3)cc21. The van der Waals surface area contributed by atoms with Gasteiger partial charge in [0.25, 0.3) is 11.6 Å². The van der Waals surface area contributed by atoms with Gasteiger partial charge in [-0.25, -0.2) is 0 Å². The van der Waals surface area contributed by atoms with Crippen molar-refractivity contribution < 1.29 is 19.3 Å². The van der Waals surface area contributed by atoms with Gasteiger partial charge in [-0.3, -0.25) is 29.5 Å². The van der Waals surface area contributed by atoms with Crippen LogP contribution in [0.2, 0.25) is 0 Å². The van der Waals surface area contributed by atoms with Crippen LogP contribution in [-0.2, 0) is 15.0 Å². The van der Waals surface area contributed by atoms with Gasteiger partial charge in [-0.05, 0) is 32.0 Å². The number of aromatic nitrogens is 1. The lowest BCUT2D eigenvalue weighted by Gasteiger charge is -2.19. The van der Waals surface area contributed by atoms with Crippen LogP contribution in [0.1, 0.15) is 29.8 Å². The fourth-order valence-electron chi connectivity index (χ4n) is 2.77. The molecular formula is C17H14N4O5. The lowest BCUT2D eigenvalue weighted by molar-refractivity contribution is -0.383. The summed E-state index contributed by atoms with van der Waals surface area (Å²) in [5.41, 5.74) is -1.23. The van der Waals surface area contributed by atoms with E-state index in [4.69, 9.17) is 0 Å². The lowest BCUT2D eigenvalue weighted by atomic mass is 9.80. The summed E-state index contributed by atoms with van der Waals surface area (Å²) < 4.78 is 0. The molecule has 1 aromatic heterocycles. The zero-order valence-electron chi connectivity index (χ0n) is 13.9. The maximum Gasteiger partial charge on any atom is 0.294 e. The van der Waals surface area contributed by atoms with E-state index in [1.54, 1.807) is 0 Å². The van der Waals surface area contributed by atoms with Crippen LogP contribution >= 0.6 is 0 Å². The summed E-state index contributed by atoms with van der Waals surface area (Å²) in [6.45, 7) is 2.71. The first-order valence-electron chi connectivity index (χ1n) is 7.62. The second kappa shape index (κ2) is 6.03. The van der Waals surface area contributed by atoms with Crippen LogP contribution in [0.5, 0.6) is 0 Å². The molecule has 2 heterocycles. The van der Waals surface area contributed by atoms with Crippen LogP contribution < -0.4 is 10.6 Å². The van der Waals surface area contributed by atoms with Crippen molar-refractivity contribution in [1.29, 1.82) is 0 Å². The Morgan fingerprint density at radius 3 is 2.50 bits per heavy atom. The molecule has 1 atom stereocenters. The summed E-state index contributed by atoms with van der Waals surface area (Å²) in [5.74, 6) is -1.54. The number of nitro groups is 1. The van der Waals surface area contributed by atoms with Gasteiger partial charge < -0.3 is 10.6 Å². The van der Waals surface area contributed by atoms with E-state index in [-0.39, 0.29) is 28.2 Å². The van der Waals surface area contributed by atoms with Gasteiger partial charge in [0, 0.05) is 29.6 Å². The third-order valence-electron chi connectivity index (χ3n) is 4.47. The van der Waals surface area contributed by atoms with Crippen molar-refractivity contribution in [2.75, 3.05) is 10.6 Å². The maximum absolute atomic E-state index is 12.3. The molecule has 9 heteroatoms. The van der Waals surface area contributed by atoms with Gasteiger partial charge >= 0.3 is 0 Å². The van der Waals surface area contributed by atoms with Crippen molar-refractivity contribution in [3.63, 3.8) is 0 Å². The van der Waals surface area contributed by atoms with Crippen molar-refractivity contribution in [3.05, 3.63) is 57.9 Å². The lowest BCUT2D eigenvalue weighted by Crippen LogP contribution is -2.37. The molecule has 2 N–H and O–H groups in total. The molecule has 0 fully saturated rings. The number of hydrogen-bond donors (Lipinski definition) is 2. The molecule has 1 aliphatic heterocycles. The number of fused-ring (bicyclic) bond motifs is 1. The molecule has 9 nitrogen and oxygen atoms in total. The summed E-state index contributed by atoms with van der Waals surface area (Å²) in [4.78, 5) is 51.1. The molecule has 0 bridgehead atoms. The van der Waals surface area contributed by atoms with Crippen LogP contribution in [0.15, 0.2) is 36.7 Å². The van der Waals surface area contributed by atoms with Crippen molar-refractivity contribution in [2.24, 2.45) is 0 Å². The number of carbonyl (C=O) groups excluding carboxylic acids is 3. The summed E-state index contributed by atoms with van der Waals surface area (Å²) in [5, 5.41) is 16.3. The van der Waals surface area contributed by atoms with E-state index in [0.29, 0.717) is 0 Å². The number of nitrogens with one attached hydrogen (secondary N) is 2. The molecular weight excluding hydrogens is 340 g/mol. The van der Waals surface area contributed by atoms with Crippen LogP contribution in [0.3, 0.4) is 0 Å².